The number of hydrogen-bond acceptors (Lipinski definition) is 3. The summed E-state index contributed by atoms with van der Waals surface area (Å²) >= 11 is 0. The highest BCUT2D eigenvalue weighted by Crippen LogP contribution is 2.18. The van der Waals surface area contributed by atoms with Gasteiger partial charge in [0.1, 0.15) is 12.4 Å². The Balaban J connectivity index is 1.77. The number of ether oxygens (including phenoxy) is 2. The Kier molecular flexibility index (Phi) is 6.18. The van der Waals surface area contributed by atoms with Gasteiger partial charge in [0.15, 0.2) is 18.2 Å². The molecular formula is C19H22FNO3. The molecule has 0 spiro atoms. The average Bonchev–Trinajstić information content (AvgIpc) is 2.55. The summed E-state index contributed by atoms with van der Waals surface area (Å²) in [7, 11) is 1.67. The summed E-state index contributed by atoms with van der Waals surface area (Å²) in [5.74, 6) is 0.312. The molecule has 0 saturated heterocycles. The molecular weight excluding hydrogens is 309 g/mol. The monoisotopic (exact) mass is 331 g/mol. The molecule has 0 aromatic heterocycles. The van der Waals surface area contributed by atoms with Crippen LogP contribution in [0.3, 0.4) is 0 Å². The first-order chi connectivity index (χ1) is 11.5. The van der Waals surface area contributed by atoms with Gasteiger partial charge in [-0.15, -0.1) is 0 Å². The van der Waals surface area contributed by atoms with E-state index >= 15 is 0 Å². The minimum Gasteiger partial charge on any atom is -0.489 e. The summed E-state index contributed by atoms with van der Waals surface area (Å²) in [6.45, 7) is 4.47. The highest BCUT2D eigenvalue weighted by Gasteiger charge is 2.11. The minimum absolute atomic E-state index is 0.0416. The molecule has 0 aliphatic carbocycles. The lowest BCUT2D eigenvalue weighted by Crippen LogP contribution is -2.34. The van der Waals surface area contributed by atoms with Crippen LogP contribution in [0.4, 0.5) is 4.39 Å². The Labute approximate surface area is 141 Å². The molecule has 2 aromatic rings. The maximum atomic E-state index is 13.4. The first-order valence-electron chi connectivity index (χ1n) is 7.78. The summed E-state index contributed by atoms with van der Waals surface area (Å²) < 4.78 is 24.3. The van der Waals surface area contributed by atoms with Crippen LogP contribution >= 0.6 is 0 Å². The first-order valence-corrected chi connectivity index (χ1v) is 7.78. The number of nitrogens with zero attached hydrogens (tertiary/aromatic N) is 1. The van der Waals surface area contributed by atoms with Crippen LogP contribution in [0, 0.1) is 19.7 Å². The van der Waals surface area contributed by atoms with Gasteiger partial charge in [0.2, 0.25) is 0 Å². The van der Waals surface area contributed by atoms with Crippen LogP contribution < -0.4 is 9.47 Å². The Morgan fingerprint density at radius 1 is 1.08 bits per heavy atom. The van der Waals surface area contributed by atoms with Crippen molar-refractivity contribution in [1.82, 2.24) is 4.90 Å². The fraction of sp³-hybridized carbons (Fsp3) is 0.316. The van der Waals surface area contributed by atoms with E-state index in [4.69, 9.17) is 9.47 Å². The van der Waals surface area contributed by atoms with Crippen molar-refractivity contribution in [1.29, 1.82) is 0 Å². The molecule has 2 rings (SSSR count). The lowest BCUT2D eigenvalue weighted by molar-refractivity contribution is -0.132. The molecule has 24 heavy (non-hydrogen) atoms. The predicted molar refractivity (Wildman–Crippen MR) is 90.9 cm³/mol. The van der Waals surface area contributed by atoms with Gasteiger partial charge in [0.05, 0.1) is 6.54 Å². The third-order valence-electron chi connectivity index (χ3n) is 3.63. The van der Waals surface area contributed by atoms with Crippen molar-refractivity contribution >= 4 is 5.91 Å². The number of halogens is 1. The highest BCUT2D eigenvalue weighted by molar-refractivity contribution is 5.77. The van der Waals surface area contributed by atoms with Crippen molar-refractivity contribution in [2.75, 3.05) is 26.8 Å². The zero-order valence-electron chi connectivity index (χ0n) is 14.2. The molecule has 0 saturated carbocycles. The molecule has 0 N–H and O–H groups in total. The standard InChI is InChI=1S/C19H22FNO3/c1-14-8-9-17(15(2)12-14)24-13-19(22)21(3)10-11-23-18-7-5-4-6-16(18)20/h4-9,12H,10-11,13H2,1-3H3. The second-order valence-electron chi connectivity index (χ2n) is 5.65. The molecule has 0 aliphatic rings. The lowest BCUT2D eigenvalue weighted by Gasteiger charge is -2.18. The van der Waals surface area contributed by atoms with E-state index < -0.39 is 5.82 Å². The third kappa shape index (κ3) is 4.98. The van der Waals surface area contributed by atoms with Crippen LogP contribution in [0.5, 0.6) is 11.5 Å². The van der Waals surface area contributed by atoms with Crippen LogP contribution in [0.15, 0.2) is 42.5 Å². The van der Waals surface area contributed by atoms with Gasteiger partial charge >= 0.3 is 0 Å². The van der Waals surface area contributed by atoms with E-state index in [0.717, 1.165) is 11.1 Å². The van der Waals surface area contributed by atoms with E-state index in [1.807, 2.05) is 32.0 Å². The Morgan fingerprint density at radius 2 is 1.83 bits per heavy atom. The number of aryl methyl sites for hydroxylation is 2. The van der Waals surface area contributed by atoms with Gasteiger partial charge in [-0.25, -0.2) is 4.39 Å². The van der Waals surface area contributed by atoms with Crippen molar-refractivity contribution in [2.24, 2.45) is 0 Å². The molecule has 0 radical (unpaired) electrons. The molecule has 0 heterocycles. The van der Waals surface area contributed by atoms with Gasteiger partial charge < -0.3 is 14.4 Å². The Morgan fingerprint density at radius 3 is 2.54 bits per heavy atom. The maximum Gasteiger partial charge on any atom is 0.260 e. The predicted octanol–water partition coefficient (Wildman–Crippen LogP) is 3.36. The van der Waals surface area contributed by atoms with Gasteiger partial charge in [0.25, 0.3) is 5.91 Å². The fourth-order valence-electron chi connectivity index (χ4n) is 2.19. The Hall–Kier alpha value is -2.56. The molecule has 0 fully saturated rings. The SMILES string of the molecule is Cc1ccc(OCC(=O)N(C)CCOc2ccccc2F)c(C)c1. The van der Waals surface area contributed by atoms with Crippen molar-refractivity contribution in [3.05, 3.63) is 59.4 Å². The summed E-state index contributed by atoms with van der Waals surface area (Å²) in [5, 5.41) is 0. The minimum atomic E-state index is -0.412. The van der Waals surface area contributed by atoms with Crippen LogP contribution in [-0.4, -0.2) is 37.6 Å². The molecule has 128 valence electrons. The van der Waals surface area contributed by atoms with Crippen molar-refractivity contribution < 1.29 is 18.7 Å². The zero-order valence-corrected chi connectivity index (χ0v) is 14.2. The molecule has 0 aliphatic heterocycles. The van der Waals surface area contributed by atoms with Crippen LogP contribution in [-0.2, 0) is 4.79 Å². The smallest absolute Gasteiger partial charge is 0.260 e. The van der Waals surface area contributed by atoms with Crippen molar-refractivity contribution in [3.8, 4) is 11.5 Å². The van der Waals surface area contributed by atoms with E-state index in [9.17, 15) is 9.18 Å². The molecule has 2 aromatic carbocycles. The van der Waals surface area contributed by atoms with Gasteiger partial charge in [0, 0.05) is 7.05 Å². The highest BCUT2D eigenvalue weighted by atomic mass is 19.1. The number of carbonyl (C=O) groups is 1. The fourth-order valence-corrected chi connectivity index (χ4v) is 2.19. The van der Waals surface area contributed by atoms with Gasteiger partial charge in [-0.05, 0) is 37.6 Å². The summed E-state index contributed by atoms with van der Waals surface area (Å²) in [5.41, 5.74) is 2.14. The summed E-state index contributed by atoms with van der Waals surface area (Å²) in [6, 6.07) is 12.0. The van der Waals surface area contributed by atoms with E-state index in [1.165, 1.54) is 11.0 Å². The zero-order chi connectivity index (χ0) is 17.5. The van der Waals surface area contributed by atoms with Gasteiger partial charge in [-0.2, -0.15) is 0 Å². The Bertz CT molecular complexity index is 703. The number of para-hydroxylation sites is 1. The van der Waals surface area contributed by atoms with E-state index in [0.29, 0.717) is 12.3 Å². The molecule has 0 unspecified atom stereocenters. The topological polar surface area (TPSA) is 38.8 Å². The number of amides is 1. The van der Waals surface area contributed by atoms with E-state index in [-0.39, 0.29) is 24.9 Å². The average molecular weight is 331 g/mol. The van der Waals surface area contributed by atoms with Gasteiger partial charge in [-0.3, -0.25) is 4.79 Å². The van der Waals surface area contributed by atoms with Crippen molar-refractivity contribution in [2.45, 2.75) is 13.8 Å². The van der Waals surface area contributed by atoms with Crippen LogP contribution in [0.1, 0.15) is 11.1 Å². The molecule has 0 atom stereocenters. The van der Waals surface area contributed by atoms with Crippen LogP contribution in [0.25, 0.3) is 0 Å². The van der Waals surface area contributed by atoms with Crippen LogP contribution in [0.2, 0.25) is 0 Å². The normalized spacial score (nSPS) is 10.3. The number of hydrogen-bond donors (Lipinski definition) is 0. The summed E-state index contributed by atoms with van der Waals surface area (Å²) in [6.07, 6.45) is 0. The van der Waals surface area contributed by atoms with E-state index in [2.05, 4.69) is 0 Å². The maximum absolute atomic E-state index is 13.4. The number of benzene rings is 2. The van der Waals surface area contributed by atoms with E-state index in [1.54, 1.807) is 25.2 Å². The first kappa shape index (κ1) is 17.8. The number of carbonyl (C=O) groups excluding carboxylic acids is 1. The largest absolute Gasteiger partial charge is 0.489 e. The van der Waals surface area contributed by atoms with Crippen molar-refractivity contribution in [3.63, 3.8) is 0 Å². The molecule has 0 bridgehead atoms. The molecule has 4 nitrogen and oxygen atoms in total. The third-order valence-corrected chi connectivity index (χ3v) is 3.63. The lowest BCUT2D eigenvalue weighted by atomic mass is 10.1. The van der Waals surface area contributed by atoms with Gasteiger partial charge in [-0.1, -0.05) is 29.8 Å². The molecule has 1 amide bonds. The second kappa shape index (κ2) is 8.34. The number of rotatable bonds is 7. The summed E-state index contributed by atoms with van der Waals surface area (Å²) in [4.78, 5) is 13.6. The molecule has 5 heteroatoms. The number of likely N-dealkylation sites (N-methyl/N-ethyl adjacent to an activating group) is 1. The second-order valence-corrected chi connectivity index (χ2v) is 5.65. The quantitative estimate of drug-likeness (QED) is 0.781.